The van der Waals surface area contributed by atoms with Gasteiger partial charge in [-0.3, -0.25) is 9.69 Å². The van der Waals surface area contributed by atoms with Gasteiger partial charge in [-0.15, -0.1) is 5.10 Å². The second-order valence-corrected chi connectivity index (χ2v) is 9.90. The number of H-pyrrole nitrogens is 1. The molecular weight excluding hydrogens is 509 g/mol. The summed E-state index contributed by atoms with van der Waals surface area (Å²) in [7, 11) is 1.62. The molecule has 0 saturated carbocycles. The number of nitrogens with one attached hydrogen (secondary N) is 1. The minimum absolute atomic E-state index is 0.179. The number of methoxy groups -OCH3 is 1. The fourth-order valence-electron chi connectivity index (χ4n) is 5.37. The number of aromatic nitrogens is 5. The van der Waals surface area contributed by atoms with Gasteiger partial charge < -0.3 is 14.6 Å². The first kappa shape index (κ1) is 25.7. The Morgan fingerprint density at radius 2 is 1.75 bits per heavy atom. The summed E-state index contributed by atoms with van der Waals surface area (Å²) in [5.74, 6) is 1.08. The lowest BCUT2D eigenvalue weighted by molar-refractivity contribution is 0.199. The Balaban J connectivity index is 1.35. The second-order valence-electron chi connectivity index (χ2n) is 9.90. The molecule has 10 heteroatoms. The van der Waals surface area contributed by atoms with Gasteiger partial charge in [0.15, 0.2) is 5.82 Å². The van der Waals surface area contributed by atoms with Crippen LogP contribution in [0.25, 0.3) is 10.9 Å². The molecule has 0 amide bonds. The fraction of sp³-hybridized carbons (Fsp3) is 0.267. The zero-order chi connectivity index (χ0) is 27.5. The van der Waals surface area contributed by atoms with E-state index >= 15 is 0 Å². The van der Waals surface area contributed by atoms with E-state index in [-0.39, 0.29) is 11.4 Å². The molecule has 0 spiro atoms. The van der Waals surface area contributed by atoms with Crippen LogP contribution in [-0.4, -0.2) is 63.4 Å². The molecule has 3 aromatic carbocycles. The van der Waals surface area contributed by atoms with Crippen LogP contribution in [-0.2, 0) is 13.0 Å². The molecule has 1 aliphatic rings. The first-order valence-electron chi connectivity index (χ1n) is 13.3. The molecule has 1 saturated heterocycles. The first-order chi connectivity index (χ1) is 19.6. The molecule has 1 atom stereocenters. The minimum Gasteiger partial charge on any atom is -0.497 e. The van der Waals surface area contributed by atoms with Crippen LogP contribution < -0.4 is 15.2 Å². The normalized spacial score (nSPS) is 14.9. The zero-order valence-electron chi connectivity index (χ0n) is 22.2. The van der Waals surface area contributed by atoms with Gasteiger partial charge in [0.25, 0.3) is 5.56 Å². The van der Waals surface area contributed by atoms with Crippen molar-refractivity contribution in [2.24, 2.45) is 0 Å². The summed E-state index contributed by atoms with van der Waals surface area (Å²) in [5.41, 5.74) is 3.29. The molecule has 40 heavy (non-hydrogen) atoms. The standard InChI is InChI=1S/C30H30FN7O2/c1-40-25-11-12-27-22(19-25)20-26(30(39)32-27)28(29-33-34-35-38(29)14-13-21-5-3-2-4-6-21)37-17-15-36(16-18-37)24-9-7-23(31)8-10-24/h2-12,19-20,28H,13-18H2,1H3,(H,32,39)/t28-/m1/s1. The van der Waals surface area contributed by atoms with Crippen molar-refractivity contribution in [1.82, 2.24) is 30.1 Å². The summed E-state index contributed by atoms with van der Waals surface area (Å²) in [6, 6.07) is 23.8. The molecule has 3 heterocycles. The summed E-state index contributed by atoms with van der Waals surface area (Å²) in [6.07, 6.45) is 0.759. The number of aromatic amines is 1. The number of hydrogen-bond acceptors (Lipinski definition) is 7. The van der Waals surface area contributed by atoms with E-state index in [9.17, 15) is 9.18 Å². The Morgan fingerprint density at radius 1 is 0.975 bits per heavy atom. The number of tetrazole rings is 1. The average Bonchev–Trinajstić information content (AvgIpc) is 3.45. The minimum atomic E-state index is -0.458. The SMILES string of the molecule is COc1ccc2[nH]c(=O)c([C@H](c3nnnn3CCc3ccccc3)N3CCN(c4ccc(F)cc4)CC3)cc2c1. The highest BCUT2D eigenvalue weighted by atomic mass is 19.1. The van der Waals surface area contributed by atoms with Crippen molar-refractivity contribution in [3.8, 4) is 5.75 Å². The number of rotatable bonds is 8. The van der Waals surface area contributed by atoms with Gasteiger partial charge in [-0.25, -0.2) is 9.07 Å². The monoisotopic (exact) mass is 539 g/mol. The summed E-state index contributed by atoms with van der Waals surface area (Å²) in [5, 5.41) is 13.7. The van der Waals surface area contributed by atoms with Crippen molar-refractivity contribution in [2.75, 3.05) is 38.2 Å². The Labute approximate surface area is 230 Å². The van der Waals surface area contributed by atoms with Gasteiger partial charge in [-0.05, 0) is 70.9 Å². The van der Waals surface area contributed by atoms with Crippen molar-refractivity contribution < 1.29 is 9.13 Å². The van der Waals surface area contributed by atoms with E-state index in [1.54, 1.807) is 23.9 Å². The quantitative estimate of drug-likeness (QED) is 0.321. The third kappa shape index (κ3) is 5.30. The number of anilines is 1. The van der Waals surface area contributed by atoms with Gasteiger partial charge in [-0.2, -0.15) is 0 Å². The molecule has 5 aromatic rings. The van der Waals surface area contributed by atoms with Crippen LogP contribution in [0.2, 0.25) is 0 Å². The summed E-state index contributed by atoms with van der Waals surface area (Å²) >= 11 is 0. The number of benzene rings is 3. The van der Waals surface area contributed by atoms with Crippen LogP contribution in [0.4, 0.5) is 10.1 Å². The van der Waals surface area contributed by atoms with E-state index in [4.69, 9.17) is 4.74 Å². The number of halogens is 1. The van der Waals surface area contributed by atoms with Crippen LogP contribution in [0.15, 0.2) is 83.7 Å². The van der Waals surface area contributed by atoms with Crippen LogP contribution in [0.1, 0.15) is 23.0 Å². The Kier molecular flexibility index (Phi) is 7.24. The van der Waals surface area contributed by atoms with Gasteiger partial charge in [0.1, 0.15) is 17.6 Å². The molecule has 6 rings (SSSR count). The highest BCUT2D eigenvalue weighted by Gasteiger charge is 2.32. The lowest BCUT2D eigenvalue weighted by atomic mass is 10.0. The van der Waals surface area contributed by atoms with Gasteiger partial charge in [0.05, 0.1) is 7.11 Å². The predicted octanol–water partition coefficient (Wildman–Crippen LogP) is 3.82. The van der Waals surface area contributed by atoms with E-state index < -0.39 is 6.04 Å². The lowest BCUT2D eigenvalue weighted by Gasteiger charge is -2.39. The Morgan fingerprint density at radius 3 is 2.50 bits per heavy atom. The number of fused-ring (bicyclic) bond motifs is 1. The van der Waals surface area contributed by atoms with Crippen LogP contribution in [0.3, 0.4) is 0 Å². The highest BCUT2D eigenvalue weighted by Crippen LogP contribution is 2.30. The van der Waals surface area contributed by atoms with Gasteiger partial charge in [0, 0.05) is 54.9 Å². The number of aryl methyl sites for hydroxylation is 2. The van der Waals surface area contributed by atoms with Crippen molar-refractivity contribution in [3.05, 3.63) is 112 Å². The molecule has 204 valence electrons. The molecule has 2 aromatic heterocycles. The second kappa shape index (κ2) is 11.3. The number of nitrogens with zero attached hydrogens (tertiary/aromatic N) is 6. The molecular formula is C30H30FN7O2. The summed E-state index contributed by atoms with van der Waals surface area (Å²) < 4.78 is 20.7. The van der Waals surface area contributed by atoms with Crippen molar-refractivity contribution >= 4 is 16.6 Å². The van der Waals surface area contributed by atoms with Crippen LogP contribution in [0.5, 0.6) is 5.75 Å². The first-order valence-corrected chi connectivity index (χ1v) is 13.3. The molecule has 1 fully saturated rings. The summed E-state index contributed by atoms with van der Waals surface area (Å²) in [6.45, 7) is 3.35. The predicted molar refractivity (Wildman–Crippen MR) is 151 cm³/mol. The van der Waals surface area contributed by atoms with E-state index in [0.717, 1.165) is 23.0 Å². The Hall–Kier alpha value is -4.57. The molecule has 1 N–H and O–H groups in total. The highest BCUT2D eigenvalue weighted by molar-refractivity contribution is 5.80. The maximum absolute atomic E-state index is 13.5. The number of pyridine rings is 1. The van der Waals surface area contributed by atoms with Crippen molar-refractivity contribution in [2.45, 2.75) is 19.0 Å². The summed E-state index contributed by atoms with van der Waals surface area (Å²) in [4.78, 5) is 21.1. The third-order valence-electron chi connectivity index (χ3n) is 7.51. The molecule has 1 aliphatic heterocycles. The fourth-order valence-corrected chi connectivity index (χ4v) is 5.37. The topological polar surface area (TPSA) is 92.2 Å². The van der Waals surface area contributed by atoms with E-state index in [0.29, 0.717) is 49.9 Å². The van der Waals surface area contributed by atoms with Gasteiger partial charge in [-0.1, -0.05) is 30.3 Å². The maximum atomic E-state index is 13.5. The largest absolute Gasteiger partial charge is 0.497 e. The molecule has 0 bridgehead atoms. The van der Waals surface area contributed by atoms with Crippen molar-refractivity contribution in [1.29, 1.82) is 0 Å². The van der Waals surface area contributed by atoms with E-state index in [2.05, 4.69) is 42.4 Å². The van der Waals surface area contributed by atoms with E-state index in [1.165, 1.54) is 17.7 Å². The van der Waals surface area contributed by atoms with Gasteiger partial charge in [0.2, 0.25) is 0 Å². The zero-order valence-corrected chi connectivity index (χ0v) is 22.2. The number of piperazine rings is 1. The molecule has 9 nitrogen and oxygen atoms in total. The Bertz CT molecular complexity index is 1640. The number of hydrogen-bond donors (Lipinski definition) is 1. The van der Waals surface area contributed by atoms with Gasteiger partial charge >= 0.3 is 0 Å². The maximum Gasteiger partial charge on any atom is 0.253 e. The average molecular weight is 540 g/mol. The van der Waals surface area contributed by atoms with Crippen molar-refractivity contribution in [3.63, 3.8) is 0 Å². The van der Waals surface area contributed by atoms with Crippen LogP contribution >= 0.6 is 0 Å². The number of ether oxygens (including phenoxy) is 1. The lowest BCUT2D eigenvalue weighted by Crippen LogP contribution is -2.49. The van der Waals surface area contributed by atoms with Crippen LogP contribution in [0, 0.1) is 5.82 Å². The third-order valence-corrected chi connectivity index (χ3v) is 7.51. The van der Waals surface area contributed by atoms with E-state index in [1.807, 2.05) is 42.5 Å². The molecule has 0 unspecified atom stereocenters. The molecule has 0 aliphatic carbocycles. The smallest absolute Gasteiger partial charge is 0.253 e. The molecule has 0 radical (unpaired) electrons.